The van der Waals surface area contributed by atoms with E-state index >= 15 is 0 Å². The van der Waals surface area contributed by atoms with E-state index in [1.807, 2.05) is 0 Å². The average molecular weight is 291 g/mol. The van der Waals surface area contributed by atoms with E-state index in [1.54, 1.807) is 0 Å². The summed E-state index contributed by atoms with van der Waals surface area (Å²) in [5, 5.41) is 8.46. The molecule has 0 spiro atoms. The summed E-state index contributed by atoms with van der Waals surface area (Å²) in [5.41, 5.74) is 1.24. The first-order valence-electron chi connectivity index (χ1n) is 8.91. The molecule has 1 aliphatic rings. The number of rotatable bonds is 7. The van der Waals surface area contributed by atoms with E-state index in [0.717, 1.165) is 24.8 Å². The van der Waals surface area contributed by atoms with Crippen molar-refractivity contribution in [1.29, 1.82) is 0 Å². The number of hydrogen-bond acceptors (Lipinski definition) is 2. The summed E-state index contributed by atoms with van der Waals surface area (Å²) < 4.78 is 2.08. The summed E-state index contributed by atoms with van der Waals surface area (Å²) in [7, 11) is 0. The van der Waals surface area contributed by atoms with Crippen LogP contribution < -0.4 is 5.32 Å². The van der Waals surface area contributed by atoms with Gasteiger partial charge in [0.25, 0.3) is 0 Å². The molecule has 1 unspecified atom stereocenters. The fraction of sp³-hybridized carbons (Fsp3) is 0.833. The van der Waals surface area contributed by atoms with Gasteiger partial charge in [-0.3, -0.25) is 4.68 Å². The number of aromatic nitrogens is 2. The third-order valence-corrected chi connectivity index (χ3v) is 5.13. The maximum atomic E-state index is 4.73. The summed E-state index contributed by atoms with van der Waals surface area (Å²) in [6.45, 7) is 9.99. The lowest BCUT2D eigenvalue weighted by atomic mass is 9.76. The van der Waals surface area contributed by atoms with E-state index in [2.05, 4.69) is 50.0 Å². The van der Waals surface area contributed by atoms with E-state index in [4.69, 9.17) is 5.10 Å². The summed E-state index contributed by atoms with van der Waals surface area (Å²) in [5.74, 6) is 1.81. The normalized spacial score (nSPS) is 24.4. The molecule has 1 saturated carbocycles. The Hall–Kier alpha value is -0.830. The highest BCUT2D eigenvalue weighted by atomic mass is 15.3. The zero-order valence-corrected chi connectivity index (χ0v) is 14.3. The molecule has 21 heavy (non-hydrogen) atoms. The lowest BCUT2D eigenvalue weighted by molar-refractivity contribution is 0.217. The van der Waals surface area contributed by atoms with Crippen LogP contribution >= 0.6 is 0 Å². The van der Waals surface area contributed by atoms with Crippen LogP contribution in [0, 0.1) is 11.8 Å². The highest BCUT2D eigenvalue weighted by Gasteiger charge is 2.27. The molecule has 1 heterocycles. The van der Waals surface area contributed by atoms with Gasteiger partial charge in [0.15, 0.2) is 0 Å². The van der Waals surface area contributed by atoms with Crippen LogP contribution in [-0.4, -0.2) is 22.4 Å². The Morgan fingerprint density at radius 2 is 1.95 bits per heavy atom. The largest absolute Gasteiger partial charge is 0.314 e. The molecule has 0 bridgehead atoms. The van der Waals surface area contributed by atoms with Gasteiger partial charge in [0.05, 0.1) is 5.69 Å². The van der Waals surface area contributed by atoms with Gasteiger partial charge in [-0.2, -0.15) is 5.10 Å². The van der Waals surface area contributed by atoms with Crippen LogP contribution in [-0.2, 0) is 6.42 Å². The first kappa shape index (κ1) is 16.5. The van der Waals surface area contributed by atoms with Gasteiger partial charge in [0.2, 0.25) is 0 Å². The van der Waals surface area contributed by atoms with Gasteiger partial charge in [-0.1, -0.05) is 33.1 Å². The van der Waals surface area contributed by atoms with E-state index in [0.29, 0.717) is 12.1 Å². The zero-order chi connectivity index (χ0) is 15.2. The molecule has 2 rings (SSSR count). The third kappa shape index (κ3) is 4.57. The maximum Gasteiger partial charge on any atom is 0.0640 e. The van der Waals surface area contributed by atoms with Crippen LogP contribution in [0.25, 0.3) is 0 Å². The van der Waals surface area contributed by atoms with Crippen molar-refractivity contribution in [2.45, 2.75) is 78.3 Å². The van der Waals surface area contributed by atoms with Crippen LogP contribution in [0.5, 0.6) is 0 Å². The van der Waals surface area contributed by atoms with E-state index in [-0.39, 0.29) is 0 Å². The van der Waals surface area contributed by atoms with Gasteiger partial charge in [-0.15, -0.1) is 0 Å². The first-order valence-corrected chi connectivity index (χ1v) is 8.91. The lowest BCUT2D eigenvalue weighted by Gasteiger charge is -2.34. The smallest absolute Gasteiger partial charge is 0.0640 e. The number of nitrogens with zero attached hydrogens (tertiary/aromatic N) is 2. The SMILES string of the molecule is CCNC(Cc1ccn(C(C)C)n1)C1CCC(CC)CC1. The third-order valence-electron chi connectivity index (χ3n) is 5.13. The Bertz CT molecular complexity index is 402. The maximum absolute atomic E-state index is 4.73. The standard InChI is InChI=1S/C18H33N3/c1-5-15-7-9-16(10-8-15)18(19-6-2)13-17-11-12-21(20-17)14(3)4/h11-12,14-16,18-19H,5-10,13H2,1-4H3. The molecule has 0 aromatic carbocycles. The first-order chi connectivity index (χ1) is 10.1. The minimum Gasteiger partial charge on any atom is -0.314 e. The van der Waals surface area contributed by atoms with Crippen molar-refractivity contribution in [3.63, 3.8) is 0 Å². The summed E-state index contributed by atoms with van der Waals surface area (Å²) in [4.78, 5) is 0. The second-order valence-corrected chi connectivity index (χ2v) is 6.94. The molecule has 0 radical (unpaired) electrons. The Morgan fingerprint density at radius 1 is 1.24 bits per heavy atom. The minimum absolute atomic E-state index is 0.455. The van der Waals surface area contributed by atoms with Crippen LogP contribution in [0.15, 0.2) is 12.3 Å². The fourth-order valence-electron chi connectivity index (χ4n) is 3.67. The molecule has 3 nitrogen and oxygen atoms in total. The topological polar surface area (TPSA) is 29.9 Å². The van der Waals surface area contributed by atoms with Crippen molar-refractivity contribution in [1.82, 2.24) is 15.1 Å². The molecule has 1 aromatic heterocycles. The van der Waals surface area contributed by atoms with Crippen molar-refractivity contribution in [2.75, 3.05) is 6.54 Å². The number of nitrogens with one attached hydrogen (secondary N) is 1. The van der Waals surface area contributed by atoms with Gasteiger partial charge in [-0.25, -0.2) is 0 Å². The molecule has 120 valence electrons. The molecule has 1 atom stereocenters. The van der Waals surface area contributed by atoms with Crippen LogP contribution in [0.2, 0.25) is 0 Å². The molecule has 1 aromatic rings. The molecule has 0 aliphatic heterocycles. The predicted molar refractivity (Wildman–Crippen MR) is 89.5 cm³/mol. The molecule has 1 N–H and O–H groups in total. The van der Waals surface area contributed by atoms with Gasteiger partial charge < -0.3 is 5.32 Å². The van der Waals surface area contributed by atoms with Crippen LogP contribution in [0.1, 0.15) is 71.5 Å². The molecule has 1 aliphatic carbocycles. The predicted octanol–water partition coefficient (Wildman–Crippen LogP) is 4.20. The van der Waals surface area contributed by atoms with E-state index < -0.39 is 0 Å². The van der Waals surface area contributed by atoms with Crippen molar-refractivity contribution in [2.24, 2.45) is 11.8 Å². The van der Waals surface area contributed by atoms with Gasteiger partial charge in [-0.05, 0) is 51.1 Å². The number of likely N-dealkylation sites (N-methyl/N-ethyl adjacent to an activating group) is 1. The Kier molecular flexibility index (Phi) is 6.28. The highest BCUT2D eigenvalue weighted by molar-refractivity contribution is 5.03. The van der Waals surface area contributed by atoms with Crippen molar-refractivity contribution < 1.29 is 0 Å². The van der Waals surface area contributed by atoms with Crippen molar-refractivity contribution >= 4 is 0 Å². The molecular formula is C18H33N3. The van der Waals surface area contributed by atoms with E-state index in [1.165, 1.54) is 37.8 Å². The minimum atomic E-state index is 0.455. The molecule has 3 heteroatoms. The second-order valence-electron chi connectivity index (χ2n) is 6.94. The van der Waals surface area contributed by atoms with Crippen LogP contribution in [0.3, 0.4) is 0 Å². The van der Waals surface area contributed by atoms with Crippen molar-refractivity contribution in [3.8, 4) is 0 Å². The second kappa shape index (κ2) is 7.98. The Labute approximate surface area is 130 Å². The average Bonchev–Trinajstić information content (AvgIpc) is 2.96. The van der Waals surface area contributed by atoms with Crippen molar-refractivity contribution in [3.05, 3.63) is 18.0 Å². The quantitative estimate of drug-likeness (QED) is 0.816. The molecule has 1 fully saturated rings. The summed E-state index contributed by atoms with van der Waals surface area (Å²) >= 11 is 0. The summed E-state index contributed by atoms with van der Waals surface area (Å²) in [6, 6.07) is 3.25. The number of hydrogen-bond donors (Lipinski definition) is 1. The monoisotopic (exact) mass is 291 g/mol. The van der Waals surface area contributed by atoms with E-state index in [9.17, 15) is 0 Å². The molecular weight excluding hydrogens is 258 g/mol. The fourth-order valence-corrected chi connectivity index (χ4v) is 3.67. The lowest BCUT2D eigenvalue weighted by Crippen LogP contribution is -2.39. The zero-order valence-electron chi connectivity index (χ0n) is 14.3. The Morgan fingerprint density at radius 3 is 2.48 bits per heavy atom. The molecule has 0 amide bonds. The Balaban J connectivity index is 1.95. The molecule has 0 saturated heterocycles. The van der Waals surface area contributed by atoms with Gasteiger partial charge >= 0.3 is 0 Å². The van der Waals surface area contributed by atoms with Gasteiger partial charge in [0, 0.05) is 24.7 Å². The highest BCUT2D eigenvalue weighted by Crippen LogP contribution is 2.33. The van der Waals surface area contributed by atoms with Gasteiger partial charge in [0.1, 0.15) is 0 Å². The summed E-state index contributed by atoms with van der Waals surface area (Å²) in [6.07, 6.45) is 10.2. The van der Waals surface area contributed by atoms with Crippen LogP contribution in [0.4, 0.5) is 0 Å².